The first kappa shape index (κ1) is 11.9. The van der Waals surface area contributed by atoms with Gasteiger partial charge in [-0.2, -0.15) is 0 Å². The standard InChI is InChI=1S/C11H11ClN2O3/c12-7-3-4-8(13-6-7)10(15)14-5-1-2-9(14)11(16)17/h3-4,6,9H,1-2,5H2,(H,16,17)/t9-/m0/s1. The van der Waals surface area contributed by atoms with Crippen LogP contribution in [-0.4, -0.2) is 39.5 Å². The van der Waals surface area contributed by atoms with Crippen LogP contribution in [0.4, 0.5) is 0 Å². The van der Waals surface area contributed by atoms with Gasteiger partial charge in [-0.3, -0.25) is 4.79 Å². The molecule has 1 aromatic rings. The second kappa shape index (κ2) is 4.71. The van der Waals surface area contributed by atoms with Crippen LogP contribution < -0.4 is 0 Å². The number of carboxylic acid groups (broad SMARTS) is 1. The normalized spacial score (nSPS) is 19.4. The van der Waals surface area contributed by atoms with Crippen LogP contribution in [0.2, 0.25) is 5.02 Å². The molecule has 0 unspecified atom stereocenters. The molecule has 1 amide bonds. The molecular formula is C11H11ClN2O3. The average molecular weight is 255 g/mol. The van der Waals surface area contributed by atoms with E-state index in [1.165, 1.54) is 17.2 Å². The Morgan fingerprint density at radius 1 is 1.47 bits per heavy atom. The van der Waals surface area contributed by atoms with Crippen LogP contribution in [-0.2, 0) is 4.79 Å². The molecule has 1 aromatic heterocycles. The highest BCUT2D eigenvalue weighted by Crippen LogP contribution is 2.20. The van der Waals surface area contributed by atoms with Crippen molar-refractivity contribution in [1.29, 1.82) is 0 Å². The van der Waals surface area contributed by atoms with Gasteiger partial charge in [0.1, 0.15) is 11.7 Å². The number of nitrogens with zero attached hydrogens (tertiary/aromatic N) is 2. The number of aromatic nitrogens is 1. The van der Waals surface area contributed by atoms with E-state index >= 15 is 0 Å². The van der Waals surface area contributed by atoms with Crippen LogP contribution in [0.15, 0.2) is 18.3 Å². The molecule has 0 aromatic carbocycles. The van der Waals surface area contributed by atoms with E-state index in [1.807, 2.05) is 0 Å². The predicted molar refractivity (Wildman–Crippen MR) is 60.9 cm³/mol. The van der Waals surface area contributed by atoms with Crippen LogP contribution in [0.25, 0.3) is 0 Å². The summed E-state index contributed by atoms with van der Waals surface area (Å²) in [6, 6.07) is 2.33. The number of aliphatic carboxylic acids is 1. The van der Waals surface area contributed by atoms with Crippen LogP contribution in [0.5, 0.6) is 0 Å². The maximum atomic E-state index is 12.0. The van der Waals surface area contributed by atoms with Gasteiger partial charge in [0.15, 0.2) is 0 Å². The number of carboxylic acids is 1. The first-order chi connectivity index (χ1) is 8.09. The Morgan fingerprint density at radius 2 is 2.24 bits per heavy atom. The third kappa shape index (κ3) is 2.39. The van der Waals surface area contributed by atoms with Gasteiger partial charge in [-0.1, -0.05) is 11.6 Å². The zero-order chi connectivity index (χ0) is 12.4. The molecule has 1 fully saturated rings. The molecule has 1 N–H and O–H groups in total. The van der Waals surface area contributed by atoms with E-state index in [1.54, 1.807) is 6.07 Å². The maximum absolute atomic E-state index is 12.0. The monoisotopic (exact) mass is 254 g/mol. The number of rotatable bonds is 2. The third-order valence-electron chi connectivity index (χ3n) is 2.75. The van der Waals surface area contributed by atoms with Crippen molar-refractivity contribution in [2.75, 3.05) is 6.54 Å². The SMILES string of the molecule is O=C(O)[C@@H]1CCCN1C(=O)c1ccc(Cl)cn1. The molecule has 2 heterocycles. The Bertz CT molecular complexity index is 447. The lowest BCUT2D eigenvalue weighted by Crippen LogP contribution is -2.40. The molecule has 1 aliphatic heterocycles. The molecule has 6 heteroatoms. The Balaban J connectivity index is 2.19. The number of carbonyl (C=O) groups is 2. The number of likely N-dealkylation sites (tertiary alicyclic amines) is 1. The van der Waals surface area contributed by atoms with Gasteiger partial charge in [0.25, 0.3) is 5.91 Å². The molecule has 0 bridgehead atoms. The number of hydrogen-bond acceptors (Lipinski definition) is 3. The van der Waals surface area contributed by atoms with E-state index in [2.05, 4.69) is 4.98 Å². The van der Waals surface area contributed by atoms with Crippen LogP contribution in [0.3, 0.4) is 0 Å². The van der Waals surface area contributed by atoms with E-state index in [0.29, 0.717) is 24.4 Å². The summed E-state index contributed by atoms with van der Waals surface area (Å²) in [5.74, 6) is -1.32. The summed E-state index contributed by atoms with van der Waals surface area (Å²) >= 11 is 5.67. The smallest absolute Gasteiger partial charge is 0.326 e. The van der Waals surface area contributed by atoms with E-state index in [9.17, 15) is 9.59 Å². The lowest BCUT2D eigenvalue weighted by atomic mass is 10.2. The van der Waals surface area contributed by atoms with Crippen LogP contribution in [0, 0.1) is 0 Å². The third-order valence-corrected chi connectivity index (χ3v) is 2.97. The number of carbonyl (C=O) groups excluding carboxylic acids is 1. The second-order valence-electron chi connectivity index (χ2n) is 3.86. The summed E-state index contributed by atoms with van der Waals surface area (Å²) in [5.41, 5.74) is 0.225. The zero-order valence-corrected chi connectivity index (χ0v) is 9.72. The topological polar surface area (TPSA) is 70.5 Å². The quantitative estimate of drug-likeness (QED) is 0.867. The van der Waals surface area contributed by atoms with E-state index < -0.39 is 12.0 Å². The Hall–Kier alpha value is -1.62. The fraction of sp³-hybridized carbons (Fsp3) is 0.364. The summed E-state index contributed by atoms with van der Waals surface area (Å²) in [6.45, 7) is 0.458. The number of halogens is 1. The highest BCUT2D eigenvalue weighted by Gasteiger charge is 2.34. The van der Waals surface area contributed by atoms with Crippen molar-refractivity contribution in [3.8, 4) is 0 Å². The minimum atomic E-state index is -0.968. The van der Waals surface area contributed by atoms with Crippen molar-refractivity contribution in [2.45, 2.75) is 18.9 Å². The van der Waals surface area contributed by atoms with Gasteiger partial charge >= 0.3 is 5.97 Å². The largest absolute Gasteiger partial charge is 0.480 e. The van der Waals surface area contributed by atoms with Gasteiger partial charge in [-0.25, -0.2) is 9.78 Å². The second-order valence-corrected chi connectivity index (χ2v) is 4.29. The number of hydrogen-bond donors (Lipinski definition) is 1. The van der Waals surface area contributed by atoms with Gasteiger partial charge in [0, 0.05) is 12.7 Å². The molecule has 0 aliphatic carbocycles. The summed E-state index contributed by atoms with van der Waals surface area (Å²) < 4.78 is 0. The van der Waals surface area contributed by atoms with Crippen LogP contribution >= 0.6 is 11.6 Å². The van der Waals surface area contributed by atoms with Gasteiger partial charge < -0.3 is 10.0 Å². The van der Waals surface area contributed by atoms with E-state index in [-0.39, 0.29) is 11.6 Å². The molecule has 90 valence electrons. The van der Waals surface area contributed by atoms with Gasteiger partial charge in [-0.15, -0.1) is 0 Å². The molecule has 5 nitrogen and oxygen atoms in total. The summed E-state index contributed by atoms with van der Waals surface area (Å²) in [7, 11) is 0. The molecule has 0 spiro atoms. The molecular weight excluding hydrogens is 244 g/mol. The van der Waals surface area contributed by atoms with Crippen molar-refractivity contribution >= 4 is 23.5 Å². The lowest BCUT2D eigenvalue weighted by Gasteiger charge is -2.20. The molecule has 1 saturated heterocycles. The number of pyridine rings is 1. The Morgan fingerprint density at radius 3 is 2.82 bits per heavy atom. The Labute approximate surface area is 103 Å². The summed E-state index contributed by atoms with van der Waals surface area (Å²) in [6.07, 6.45) is 2.57. The van der Waals surface area contributed by atoms with Gasteiger partial charge in [0.2, 0.25) is 0 Å². The van der Waals surface area contributed by atoms with Gasteiger partial charge in [-0.05, 0) is 25.0 Å². The molecule has 2 rings (SSSR count). The highest BCUT2D eigenvalue weighted by molar-refractivity contribution is 6.30. The fourth-order valence-corrected chi connectivity index (χ4v) is 2.03. The van der Waals surface area contributed by atoms with Crippen molar-refractivity contribution in [3.05, 3.63) is 29.0 Å². The average Bonchev–Trinajstić information content (AvgIpc) is 2.78. The lowest BCUT2D eigenvalue weighted by molar-refractivity contribution is -0.141. The molecule has 17 heavy (non-hydrogen) atoms. The first-order valence-electron chi connectivity index (χ1n) is 5.25. The van der Waals surface area contributed by atoms with Crippen molar-refractivity contribution in [2.24, 2.45) is 0 Å². The molecule has 1 atom stereocenters. The van der Waals surface area contributed by atoms with Crippen molar-refractivity contribution < 1.29 is 14.7 Å². The highest BCUT2D eigenvalue weighted by atomic mass is 35.5. The fourth-order valence-electron chi connectivity index (χ4n) is 1.92. The maximum Gasteiger partial charge on any atom is 0.326 e. The van der Waals surface area contributed by atoms with Crippen molar-refractivity contribution in [3.63, 3.8) is 0 Å². The van der Waals surface area contributed by atoms with Gasteiger partial charge in [0.05, 0.1) is 5.02 Å². The zero-order valence-electron chi connectivity index (χ0n) is 8.97. The first-order valence-corrected chi connectivity index (χ1v) is 5.62. The molecule has 0 radical (unpaired) electrons. The summed E-state index contributed by atoms with van der Waals surface area (Å²) in [4.78, 5) is 28.2. The van der Waals surface area contributed by atoms with Crippen molar-refractivity contribution in [1.82, 2.24) is 9.88 Å². The Kier molecular flexibility index (Phi) is 3.28. The number of amides is 1. The minimum Gasteiger partial charge on any atom is -0.480 e. The molecule has 1 aliphatic rings. The van der Waals surface area contributed by atoms with E-state index in [4.69, 9.17) is 16.7 Å². The van der Waals surface area contributed by atoms with E-state index in [0.717, 1.165) is 0 Å². The minimum absolute atomic E-state index is 0.225. The summed E-state index contributed by atoms with van der Waals surface area (Å²) in [5, 5.41) is 9.43. The molecule has 0 saturated carbocycles. The van der Waals surface area contributed by atoms with Crippen LogP contribution in [0.1, 0.15) is 23.3 Å². The predicted octanol–water partition coefficient (Wildman–Crippen LogP) is 1.42.